The Morgan fingerprint density at radius 1 is 1.16 bits per heavy atom. The summed E-state index contributed by atoms with van der Waals surface area (Å²) in [5.41, 5.74) is 8.53. The predicted octanol–water partition coefficient (Wildman–Crippen LogP) is 4.51. The van der Waals surface area contributed by atoms with Crippen molar-refractivity contribution in [3.05, 3.63) is 70.3 Å². The van der Waals surface area contributed by atoms with Crippen molar-refractivity contribution in [1.29, 1.82) is 0 Å². The summed E-state index contributed by atoms with van der Waals surface area (Å²) in [6.45, 7) is 7.17. The van der Waals surface area contributed by atoms with Crippen LogP contribution in [0.5, 0.6) is 0 Å². The lowest BCUT2D eigenvalue weighted by atomic mass is 9.98. The average Bonchev–Trinajstić information content (AvgIpc) is 3.44. The van der Waals surface area contributed by atoms with E-state index < -0.39 is 0 Å². The number of benzene rings is 2. The van der Waals surface area contributed by atoms with Gasteiger partial charge in [0, 0.05) is 31.2 Å². The summed E-state index contributed by atoms with van der Waals surface area (Å²) in [7, 11) is 0. The second-order valence-electron chi connectivity index (χ2n) is 9.16. The highest BCUT2D eigenvalue weighted by Crippen LogP contribution is 2.38. The van der Waals surface area contributed by atoms with Gasteiger partial charge in [-0.25, -0.2) is 4.98 Å². The van der Waals surface area contributed by atoms with Crippen LogP contribution < -0.4 is 10.2 Å². The van der Waals surface area contributed by atoms with Gasteiger partial charge in [0.25, 0.3) is 5.91 Å². The molecule has 32 heavy (non-hydrogen) atoms. The van der Waals surface area contributed by atoms with Gasteiger partial charge in [-0.3, -0.25) is 9.36 Å². The maximum absolute atomic E-state index is 13.6. The Morgan fingerprint density at radius 2 is 2.00 bits per heavy atom. The molecule has 1 amide bonds. The molecule has 6 nitrogen and oxygen atoms in total. The van der Waals surface area contributed by atoms with Crippen LogP contribution in [0.15, 0.2) is 36.5 Å². The minimum Gasteiger partial charge on any atom is -0.381 e. The molecular weight excluding hydrogens is 400 g/mol. The van der Waals surface area contributed by atoms with Crippen LogP contribution in [-0.4, -0.2) is 35.2 Å². The molecule has 1 saturated heterocycles. The molecule has 3 aliphatic rings. The summed E-state index contributed by atoms with van der Waals surface area (Å²) in [5, 5.41) is 3.52. The Kier molecular flexibility index (Phi) is 4.57. The molecule has 1 aromatic heterocycles. The van der Waals surface area contributed by atoms with Gasteiger partial charge in [-0.2, -0.15) is 0 Å². The number of amides is 1. The Balaban J connectivity index is 1.39. The standard InChI is InChI=1S/C26H28N4O2/c1-16-4-3-5-18-6-9-29(24(16)18)26(31)21-13-22-23(12-17(21)2)30-20(14-27-22)15-28-25(30)19-7-10-32-11-8-19/h3-5,12-13,15,19,27H,6-11,14H2,1-2H3. The zero-order valence-electron chi connectivity index (χ0n) is 18.6. The number of fused-ring (bicyclic) bond motifs is 4. The van der Waals surface area contributed by atoms with Crippen LogP contribution in [0.4, 0.5) is 11.4 Å². The molecule has 3 aliphatic heterocycles. The third-order valence-electron chi connectivity index (χ3n) is 7.16. The molecule has 6 heteroatoms. The van der Waals surface area contributed by atoms with Gasteiger partial charge in [0.05, 0.1) is 35.5 Å². The highest BCUT2D eigenvalue weighted by molar-refractivity contribution is 6.09. The lowest BCUT2D eigenvalue weighted by molar-refractivity contribution is 0.0832. The number of rotatable bonds is 2. The van der Waals surface area contributed by atoms with E-state index in [2.05, 4.69) is 41.1 Å². The number of hydrogen-bond donors (Lipinski definition) is 1. The number of hydrogen-bond acceptors (Lipinski definition) is 4. The Hall–Kier alpha value is -3.12. The molecule has 1 N–H and O–H groups in total. The molecule has 4 heterocycles. The first-order valence-corrected chi connectivity index (χ1v) is 11.6. The van der Waals surface area contributed by atoms with Crippen molar-refractivity contribution in [2.24, 2.45) is 0 Å². The fraction of sp³-hybridized carbons (Fsp3) is 0.385. The Labute approximate surface area is 188 Å². The van der Waals surface area contributed by atoms with E-state index in [4.69, 9.17) is 9.72 Å². The van der Waals surface area contributed by atoms with Crippen LogP contribution in [0.3, 0.4) is 0 Å². The molecule has 0 unspecified atom stereocenters. The first-order chi connectivity index (χ1) is 15.6. The van der Waals surface area contributed by atoms with E-state index in [0.717, 1.165) is 78.6 Å². The van der Waals surface area contributed by atoms with E-state index in [1.807, 2.05) is 24.1 Å². The third-order valence-corrected chi connectivity index (χ3v) is 7.16. The lowest BCUT2D eigenvalue weighted by Gasteiger charge is -2.28. The molecule has 0 spiro atoms. The normalized spacial score (nSPS) is 17.5. The molecule has 2 aromatic carbocycles. The van der Waals surface area contributed by atoms with Gasteiger partial charge in [0.2, 0.25) is 0 Å². The minimum absolute atomic E-state index is 0.0845. The number of aryl methyl sites for hydroxylation is 2. The number of carbonyl (C=O) groups is 1. The topological polar surface area (TPSA) is 59.4 Å². The molecule has 0 radical (unpaired) electrons. The second kappa shape index (κ2) is 7.48. The summed E-state index contributed by atoms with van der Waals surface area (Å²) < 4.78 is 7.87. The lowest BCUT2D eigenvalue weighted by Crippen LogP contribution is -2.30. The fourth-order valence-corrected chi connectivity index (χ4v) is 5.49. The summed E-state index contributed by atoms with van der Waals surface area (Å²) in [6.07, 6.45) is 4.90. The predicted molar refractivity (Wildman–Crippen MR) is 125 cm³/mol. The summed E-state index contributed by atoms with van der Waals surface area (Å²) in [4.78, 5) is 20.4. The Morgan fingerprint density at radius 3 is 2.84 bits per heavy atom. The van der Waals surface area contributed by atoms with Crippen LogP contribution in [0.2, 0.25) is 0 Å². The van der Waals surface area contributed by atoms with Gasteiger partial charge in [-0.05, 0) is 61.9 Å². The molecule has 0 saturated carbocycles. The van der Waals surface area contributed by atoms with E-state index in [9.17, 15) is 4.79 Å². The third kappa shape index (κ3) is 2.97. The molecule has 164 valence electrons. The molecule has 0 aliphatic carbocycles. The van der Waals surface area contributed by atoms with Gasteiger partial charge in [0.1, 0.15) is 5.82 Å². The van der Waals surface area contributed by atoms with Gasteiger partial charge in [0.15, 0.2) is 0 Å². The minimum atomic E-state index is 0.0845. The zero-order chi connectivity index (χ0) is 21.8. The Bertz CT molecular complexity index is 1220. The molecule has 0 atom stereocenters. The van der Waals surface area contributed by atoms with Crippen molar-refractivity contribution in [3.8, 4) is 5.69 Å². The van der Waals surface area contributed by atoms with Crippen molar-refractivity contribution >= 4 is 17.3 Å². The molecule has 6 rings (SSSR count). The number of imidazole rings is 1. The number of carbonyl (C=O) groups excluding carboxylic acids is 1. The van der Waals surface area contributed by atoms with E-state index in [-0.39, 0.29) is 5.91 Å². The highest BCUT2D eigenvalue weighted by atomic mass is 16.5. The van der Waals surface area contributed by atoms with Crippen LogP contribution in [0, 0.1) is 13.8 Å². The highest BCUT2D eigenvalue weighted by Gasteiger charge is 2.30. The smallest absolute Gasteiger partial charge is 0.258 e. The van der Waals surface area contributed by atoms with Crippen LogP contribution >= 0.6 is 0 Å². The number of anilines is 2. The van der Waals surface area contributed by atoms with E-state index >= 15 is 0 Å². The maximum Gasteiger partial charge on any atom is 0.258 e. The van der Waals surface area contributed by atoms with Gasteiger partial charge in [-0.1, -0.05) is 18.2 Å². The quantitative estimate of drug-likeness (QED) is 0.652. The van der Waals surface area contributed by atoms with Crippen molar-refractivity contribution < 1.29 is 9.53 Å². The van der Waals surface area contributed by atoms with E-state index in [0.29, 0.717) is 12.5 Å². The average molecular weight is 429 g/mol. The van der Waals surface area contributed by atoms with Crippen molar-refractivity contribution in [1.82, 2.24) is 9.55 Å². The first-order valence-electron chi connectivity index (χ1n) is 11.6. The fourth-order valence-electron chi connectivity index (χ4n) is 5.49. The van der Waals surface area contributed by atoms with Gasteiger partial charge in [-0.15, -0.1) is 0 Å². The summed E-state index contributed by atoms with van der Waals surface area (Å²) in [6, 6.07) is 10.5. The second-order valence-corrected chi connectivity index (χ2v) is 9.16. The van der Waals surface area contributed by atoms with Gasteiger partial charge < -0.3 is 15.0 Å². The van der Waals surface area contributed by atoms with Crippen LogP contribution in [0.1, 0.15) is 57.3 Å². The van der Waals surface area contributed by atoms with E-state index in [1.165, 1.54) is 11.3 Å². The number of nitrogens with zero attached hydrogens (tertiary/aromatic N) is 3. The largest absolute Gasteiger partial charge is 0.381 e. The summed E-state index contributed by atoms with van der Waals surface area (Å²) in [5.74, 6) is 1.61. The van der Waals surface area contributed by atoms with Gasteiger partial charge >= 0.3 is 0 Å². The number of para-hydroxylation sites is 1. The summed E-state index contributed by atoms with van der Waals surface area (Å²) >= 11 is 0. The first kappa shape index (κ1) is 19.6. The number of aromatic nitrogens is 2. The molecule has 1 fully saturated rings. The van der Waals surface area contributed by atoms with Crippen LogP contribution in [-0.2, 0) is 17.7 Å². The molecular formula is C26H28N4O2. The van der Waals surface area contributed by atoms with Crippen molar-refractivity contribution in [3.63, 3.8) is 0 Å². The zero-order valence-corrected chi connectivity index (χ0v) is 18.6. The van der Waals surface area contributed by atoms with Crippen molar-refractivity contribution in [2.45, 2.75) is 45.6 Å². The monoisotopic (exact) mass is 428 g/mol. The number of nitrogens with one attached hydrogen (secondary N) is 1. The SMILES string of the molecule is Cc1cc2c(cc1C(=O)N1CCc3cccc(C)c31)NCc1cnc(C3CCOCC3)n1-2. The molecule has 3 aromatic rings. The van der Waals surface area contributed by atoms with Crippen LogP contribution in [0.25, 0.3) is 5.69 Å². The molecule has 0 bridgehead atoms. The van der Waals surface area contributed by atoms with Crippen molar-refractivity contribution in [2.75, 3.05) is 30.0 Å². The maximum atomic E-state index is 13.6. The number of ether oxygens (including phenoxy) is 1. The van der Waals surface area contributed by atoms with E-state index in [1.54, 1.807) is 0 Å².